The molecule has 174 valence electrons. The van der Waals surface area contributed by atoms with Crippen LogP contribution in [0.2, 0.25) is 0 Å². The van der Waals surface area contributed by atoms with Crippen molar-refractivity contribution in [1.29, 1.82) is 0 Å². The summed E-state index contributed by atoms with van der Waals surface area (Å²) in [7, 11) is -3.66. The van der Waals surface area contributed by atoms with Crippen LogP contribution in [0, 0.1) is 0 Å². The summed E-state index contributed by atoms with van der Waals surface area (Å²) in [6.07, 6.45) is 4.66. The molecule has 1 spiro atoms. The van der Waals surface area contributed by atoms with Gasteiger partial charge >= 0.3 is 0 Å². The maximum Gasteiger partial charge on any atom is 0.245 e. The summed E-state index contributed by atoms with van der Waals surface area (Å²) >= 11 is 1.66. The maximum absolute atomic E-state index is 13.5. The number of benzene rings is 2. The van der Waals surface area contributed by atoms with Gasteiger partial charge in [-0.25, -0.2) is 12.7 Å². The lowest BCUT2D eigenvalue weighted by Gasteiger charge is -2.42. The van der Waals surface area contributed by atoms with Gasteiger partial charge in [-0.05, 0) is 36.2 Å². The van der Waals surface area contributed by atoms with E-state index in [2.05, 4.69) is 32.5 Å². The predicted molar refractivity (Wildman–Crippen MR) is 133 cm³/mol. The first-order chi connectivity index (χ1) is 16.6. The highest BCUT2D eigenvalue weighted by Crippen LogP contribution is 2.43. The van der Waals surface area contributed by atoms with E-state index in [1.165, 1.54) is 0 Å². The van der Waals surface area contributed by atoms with Gasteiger partial charge in [0.05, 0.1) is 17.6 Å². The Kier molecular flexibility index (Phi) is 5.54. The highest BCUT2D eigenvalue weighted by atomic mass is 32.2. The third-order valence-corrected chi connectivity index (χ3v) is 9.83. The summed E-state index contributed by atoms with van der Waals surface area (Å²) < 4.78 is 37.2. The van der Waals surface area contributed by atoms with Crippen LogP contribution in [-0.2, 0) is 14.8 Å². The van der Waals surface area contributed by atoms with Crippen LogP contribution in [0.3, 0.4) is 0 Å². The minimum absolute atomic E-state index is 0.266. The van der Waals surface area contributed by atoms with Crippen molar-refractivity contribution in [2.45, 2.75) is 28.4 Å². The van der Waals surface area contributed by atoms with Gasteiger partial charge in [-0.2, -0.15) is 4.31 Å². The molecule has 4 heterocycles. The van der Waals surface area contributed by atoms with E-state index in [-0.39, 0.29) is 4.90 Å². The van der Waals surface area contributed by atoms with Gasteiger partial charge in [-0.1, -0.05) is 36.4 Å². The number of sulfonamides is 1. The lowest BCUT2D eigenvalue weighted by atomic mass is 10.0. The van der Waals surface area contributed by atoms with E-state index in [9.17, 15) is 8.42 Å². The van der Waals surface area contributed by atoms with Crippen LogP contribution < -0.4 is 0 Å². The Labute approximate surface area is 202 Å². The van der Waals surface area contributed by atoms with E-state index < -0.39 is 15.7 Å². The smallest absolute Gasteiger partial charge is 0.245 e. The summed E-state index contributed by atoms with van der Waals surface area (Å²) in [6.45, 7) is 2.21. The number of aromatic nitrogens is 2. The molecule has 9 heteroatoms. The van der Waals surface area contributed by atoms with E-state index >= 15 is 0 Å². The highest BCUT2D eigenvalue weighted by Gasteiger charge is 2.47. The van der Waals surface area contributed by atoms with Crippen molar-refractivity contribution in [2.24, 2.45) is 0 Å². The topological polar surface area (TPSA) is 75.6 Å². The molecule has 2 aliphatic heterocycles. The van der Waals surface area contributed by atoms with Crippen LogP contribution in [0.1, 0.15) is 12.8 Å². The third kappa shape index (κ3) is 3.68. The molecule has 0 atom stereocenters. The number of pyridine rings is 2. The van der Waals surface area contributed by atoms with E-state index in [1.807, 2.05) is 36.5 Å². The van der Waals surface area contributed by atoms with Gasteiger partial charge in [-0.3, -0.25) is 9.97 Å². The fourth-order valence-electron chi connectivity index (χ4n) is 4.88. The number of fused-ring (bicyclic) bond motifs is 2. The molecule has 34 heavy (non-hydrogen) atoms. The summed E-state index contributed by atoms with van der Waals surface area (Å²) in [6, 6.07) is 19.2. The molecular formula is C25H24N4O3S2. The van der Waals surface area contributed by atoms with Gasteiger partial charge in [0.15, 0.2) is 0 Å². The van der Waals surface area contributed by atoms with Gasteiger partial charge in [0, 0.05) is 60.5 Å². The van der Waals surface area contributed by atoms with Crippen molar-refractivity contribution in [3.05, 3.63) is 73.1 Å². The first-order valence-electron chi connectivity index (χ1n) is 11.3. The van der Waals surface area contributed by atoms with Gasteiger partial charge in [0.2, 0.25) is 10.0 Å². The number of hydrogen-bond donors (Lipinski definition) is 0. The van der Waals surface area contributed by atoms with Crippen molar-refractivity contribution < 1.29 is 13.2 Å². The zero-order chi connectivity index (χ0) is 23.2. The van der Waals surface area contributed by atoms with Gasteiger partial charge in [0.25, 0.3) is 0 Å². The molecule has 2 fully saturated rings. The Morgan fingerprint density at radius 3 is 2.24 bits per heavy atom. The lowest BCUT2D eigenvalue weighted by molar-refractivity contribution is -0.0775. The number of rotatable bonds is 4. The molecule has 4 aromatic rings. The second-order valence-electron chi connectivity index (χ2n) is 8.55. The molecule has 0 saturated carbocycles. The molecule has 0 amide bonds. The van der Waals surface area contributed by atoms with Crippen LogP contribution in [0.15, 0.2) is 82.8 Å². The second-order valence-corrected chi connectivity index (χ2v) is 11.5. The van der Waals surface area contributed by atoms with Crippen molar-refractivity contribution in [3.8, 4) is 0 Å². The molecule has 2 aromatic carbocycles. The van der Waals surface area contributed by atoms with E-state index in [4.69, 9.17) is 4.74 Å². The number of hydrogen-bond acceptors (Lipinski definition) is 7. The number of piperidine rings is 1. The largest absolute Gasteiger partial charge is 0.358 e. The first kappa shape index (κ1) is 21.9. The molecule has 2 aromatic heterocycles. The summed E-state index contributed by atoms with van der Waals surface area (Å²) in [5, 5.41) is 1.92. The summed E-state index contributed by atoms with van der Waals surface area (Å²) in [5.74, 6) is 0. The molecular weight excluding hydrogens is 468 g/mol. The van der Waals surface area contributed by atoms with Crippen molar-refractivity contribution >= 4 is 43.8 Å². The zero-order valence-corrected chi connectivity index (χ0v) is 20.1. The normalized spacial score (nSPS) is 19.3. The Balaban J connectivity index is 1.24. The van der Waals surface area contributed by atoms with Gasteiger partial charge in [0.1, 0.15) is 10.6 Å². The lowest BCUT2D eigenvalue weighted by Crippen LogP contribution is -2.52. The first-order valence-corrected chi connectivity index (χ1v) is 13.6. The standard InChI is InChI=1S/C25H24N4O3S2/c30-34(31,22-10-2-6-20-8-4-14-27-24(20)22)28-15-11-25(12-16-28)29(17-18-32-25)33-21-9-1-5-19-7-3-13-26-23(19)21/h1-10,13-14H,11-12,15-18H2. The molecule has 2 saturated heterocycles. The molecule has 0 unspecified atom stereocenters. The van der Waals surface area contributed by atoms with Crippen LogP contribution in [0.25, 0.3) is 21.8 Å². The van der Waals surface area contributed by atoms with Gasteiger partial charge < -0.3 is 4.74 Å². The molecule has 0 bridgehead atoms. The number of nitrogens with zero attached hydrogens (tertiary/aromatic N) is 4. The average molecular weight is 493 g/mol. The molecule has 2 aliphatic rings. The van der Waals surface area contributed by atoms with Crippen LogP contribution >= 0.6 is 11.9 Å². The number of para-hydroxylation sites is 2. The minimum Gasteiger partial charge on any atom is -0.358 e. The third-order valence-electron chi connectivity index (χ3n) is 6.64. The van der Waals surface area contributed by atoms with E-state index in [0.29, 0.717) is 38.1 Å². The Morgan fingerprint density at radius 2 is 1.47 bits per heavy atom. The Morgan fingerprint density at radius 1 is 0.824 bits per heavy atom. The fourth-order valence-corrected chi connectivity index (χ4v) is 7.69. The molecule has 6 rings (SSSR count). The van der Waals surface area contributed by atoms with Crippen LogP contribution in [0.4, 0.5) is 0 Å². The summed E-state index contributed by atoms with van der Waals surface area (Å²) in [4.78, 5) is 10.3. The highest BCUT2D eigenvalue weighted by molar-refractivity contribution is 7.97. The Hall–Kier alpha value is -2.56. The predicted octanol–water partition coefficient (Wildman–Crippen LogP) is 4.30. The maximum atomic E-state index is 13.5. The number of ether oxygens (including phenoxy) is 1. The monoisotopic (exact) mass is 492 g/mol. The van der Waals surface area contributed by atoms with Gasteiger partial charge in [-0.15, -0.1) is 0 Å². The zero-order valence-electron chi connectivity index (χ0n) is 18.5. The summed E-state index contributed by atoms with van der Waals surface area (Å²) in [5.41, 5.74) is 1.01. The van der Waals surface area contributed by atoms with Crippen molar-refractivity contribution in [3.63, 3.8) is 0 Å². The van der Waals surface area contributed by atoms with Crippen molar-refractivity contribution in [2.75, 3.05) is 26.2 Å². The average Bonchev–Trinajstić information content (AvgIpc) is 3.25. The molecule has 0 radical (unpaired) electrons. The van der Waals surface area contributed by atoms with E-state index in [1.54, 1.807) is 34.6 Å². The van der Waals surface area contributed by atoms with Crippen LogP contribution in [0.5, 0.6) is 0 Å². The quantitative estimate of drug-likeness (QED) is 0.393. The SMILES string of the molecule is O=S(=O)(c1cccc2cccnc12)N1CCC2(CC1)OCCN2Sc1cccc2cccnc12. The Bertz CT molecular complexity index is 1460. The molecule has 0 N–H and O–H groups in total. The molecule has 7 nitrogen and oxygen atoms in total. The minimum atomic E-state index is -3.66. The fraction of sp³-hybridized carbons (Fsp3) is 0.280. The van der Waals surface area contributed by atoms with Crippen LogP contribution in [-0.4, -0.2) is 59.0 Å². The molecule has 0 aliphatic carbocycles. The van der Waals surface area contributed by atoms with Crippen molar-refractivity contribution in [1.82, 2.24) is 18.6 Å². The second kappa shape index (κ2) is 8.58. The van der Waals surface area contributed by atoms with E-state index in [0.717, 1.165) is 27.7 Å².